The normalized spacial score (nSPS) is 13.0. The van der Waals surface area contributed by atoms with Gasteiger partial charge in [-0.15, -0.1) is 0 Å². The quantitative estimate of drug-likeness (QED) is 0.489. The van der Waals surface area contributed by atoms with Gasteiger partial charge in [0.2, 0.25) is 0 Å². The van der Waals surface area contributed by atoms with Crippen LogP contribution in [0.4, 0.5) is 0 Å². The molecule has 0 heterocycles. The van der Waals surface area contributed by atoms with E-state index in [4.69, 9.17) is 0 Å². The van der Waals surface area contributed by atoms with E-state index < -0.39 is 5.60 Å². The third-order valence-electron chi connectivity index (χ3n) is 0.755. The molecular weight excluding hydrogens is 100 g/mol. The second-order valence-corrected chi connectivity index (χ2v) is 2.41. The van der Waals surface area contributed by atoms with Gasteiger partial charge >= 0.3 is 0 Å². The summed E-state index contributed by atoms with van der Waals surface area (Å²) in [6.45, 7) is 5.32. The van der Waals surface area contributed by atoms with Crippen molar-refractivity contribution in [2.75, 3.05) is 0 Å². The second kappa shape index (κ2) is 2.88. The van der Waals surface area contributed by atoms with Gasteiger partial charge in [-0.1, -0.05) is 19.1 Å². The Morgan fingerprint density at radius 1 is 1.50 bits per heavy atom. The van der Waals surface area contributed by atoms with E-state index in [-0.39, 0.29) is 0 Å². The van der Waals surface area contributed by atoms with E-state index in [0.29, 0.717) is 0 Å². The minimum absolute atomic E-state index is 0.879. The van der Waals surface area contributed by atoms with Crippen molar-refractivity contribution in [3.63, 3.8) is 0 Å². The lowest BCUT2D eigenvalue weighted by Crippen LogP contribution is -2.10. The zero-order chi connectivity index (χ0) is 6.62. The number of allylic oxidation sites excluding steroid dienone is 1. The van der Waals surface area contributed by atoms with Gasteiger partial charge in [0.25, 0.3) is 0 Å². The Kier molecular flexibility index (Phi) is 2.77. The first-order valence-electron chi connectivity index (χ1n) is 2.94. The van der Waals surface area contributed by atoms with Crippen LogP contribution in [0.25, 0.3) is 0 Å². The maximum atomic E-state index is 10.8. The first-order valence-corrected chi connectivity index (χ1v) is 2.94. The van der Waals surface area contributed by atoms with Gasteiger partial charge in [-0.05, 0) is 20.3 Å². The maximum Gasteiger partial charge on any atom is 0.116 e. The van der Waals surface area contributed by atoms with Crippen molar-refractivity contribution < 1.29 is 5.11 Å². The smallest absolute Gasteiger partial charge is 0.116 e. The van der Waals surface area contributed by atoms with Gasteiger partial charge < -0.3 is 0 Å². The fourth-order valence-corrected chi connectivity index (χ4v) is 0.402. The Balaban J connectivity index is 3.52. The molecule has 8 heavy (non-hydrogen) atoms. The molecule has 0 spiro atoms. The maximum absolute atomic E-state index is 10.8. The summed E-state index contributed by atoms with van der Waals surface area (Å²) in [6, 6.07) is 0. The predicted molar refractivity (Wildman–Crippen MR) is 34.2 cm³/mol. The van der Waals surface area contributed by atoms with Crippen molar-refractivity contribution in [2.24, 2.45) is 0 Å². The summed E-state index contributed by atoms with van der Waals surface area (Å²) in [5.74, 6) is 0. The van der Waals surface area contributed by atoms with Gasteiger partial charge in [0.05, 0.1) is 0 Å². The summed E-state index contributed by atoms with van der Waals surface area (Å²) in [5, 5.41) is 10.8. The zero-order valence-electron chi connectivity index (χ0n) is 5.77. The molecule has 47 valence electrons. The van der Waals surface area contributed by atoms with Crippen molar-refractivity contribution in [3.8, 4) is 0 Å². The van der Waals surface area contributed by atoms with Crippen LogP contribution >= 0.6 is 0 Å². The van der Waals surface area contributed by atoms with Crippen molar-refractivity contribution in [2.45, 2.75) is 32.8 Å². The van der Waals surface area contributed by atoms with Crippen molar-refractivity contribution in [1.29, 1.82) is 0 Å². The van der Waals surface area contributed by atoms with E-state index >= 15 is 0 Å². The predicted octanol–water partition coefficient (Wildman–Crippen LogP) is 2.16. The lowest BCUT2D eigenvalue weighted by molar-refractivity contribution is 0.0488. The van der Waals surface area contributed by atoms with Gasteiger partial charge in [0.1, 0.15) is 5.60 Å². The first kappa shape index (κ1) is 7.70. The number of hydrogen-bond donors (Lipinski definition) is 0. The SMILES string of the molecule is CCC=CC(C)(C)[O]. The van der Waals surface area contributed by atoms with E-state index in [0.717, 1.165) is 6.42 Å². The monoisotopic (exact) mass is 113 g/mol. The lowest BCUT2D eigenvalue weighted by atomic mass is 10.1. The molecule has 1 radical (unpaired) electrons. The molecule has 0 unspecified atom stereocenters. The van der Waals surface area contributed by atoms with Crippen LogP contribution in [0, 0.1) is 0 Å². The Labute approximate surface area is 51.0 Å². The third-order valence-corrected chi connectivity index (χ3v) is 0.755. The Hall–Kier alpha value is -0.300. The van der Waals surface area contributed by atoms with Gasteiger partial charge in [-0.25, -0.2) is 5.11 Å². The van der Waals surface area contributed by atoms with Crippen LogP contribution in [-0.4, -0.2) is 5.60 Å². The molecule has 0 fully saturated rings. The molecule has 1 nitrogen and oxygen atoms in total. The Morgan fingerprint density at radius 3 is 2.12 bits per heavy atom. The number of rotatable bonds is 2. The summed E-state index contributed by atoms with van der Waals surface area (Å²) in [7, 11) is 0. The fraction of sp³-hybridized carbons (Fsp3) is 0.714. The molecule has 0 bridgehead atoms. The van der Waals surface area contributed by atoms with E-state index in [1.807, 2.05) is 13.0 Å². The van der Waals surface area contributed by atoms with Gasteiger partial charge in [-0.3, -0.25) is 0 Å². The summed E-state index contributed by atoms with van der Waals surface area (Å²) < 4.78 is 0. The summed E-state index contributed by atoms with van der Waals surface area (Å²) in [5.41, 5.74) is -0.879. The lowest BCUT2D eigenvalue weighted by Gasteiger charge is -2.05. The van der Waals surface area contributed by atoms with Crippen LogP contribution in [0.15, 0.2) is 12.2 Å². The summed E-state index contributed by atoms with van der Waals surface area (Å²) in [4.78, 5) is 0. The third kappa shape index (κ3) is 5.70. The van der Waals surface area contributed by atoms with E-state index in [2.05, 4.69) is 0 Å². The highest BCUT2D eigenvalue weighted by Crippen LogP contribution is 2.03. The van der Waals surface area contributed by atoms with Crippen molar-refractivity contribution in [3.05, 3.63) is 12.2 Å². The zero-order valence-corrected chi connectivity index (χ0v) is 5.77. The molecular formula is C7H13O. The first-order chi connectivity index (χ1) is 3.56. The molecule has 0 aliphatic carbocycles. The van der Waals surface area contributed by atoms with Gasteiger partial charge in [0, 0.05) is 0 Å². The molecule has 0 aromatic heterocycles. The van der Waals surface area contributed by atoms with Gasteiger partial charge in [-0.2, -0.15) is 0 Å². The van der Waals surface area contributed by atoms with E-state index in [9.17, 15) is 5.11 Å². The highest BCUT2D eigenvalue weighted by atomic mass is 16.3. The number of hydrogen-bond acceptors (Lipinski definition) is 0. The highest BCUT2D eigenvalue weighted by Gasteiger charge is 2.07. The van der Waals surface area contributed by atoms with Crippen LogP contribution < -0.4 is 0 Å². The van der Waals surface area contributed by atoms with Crippen LogP contribution in [0.3, 0.4) is 0 Å². The van der Waals surface area contributed by atoms with Crippen LogP contribution in [0.1, 0.15) is 27.2 Å². The van der Waals surface area contributed by atoms with Crippen LogP contribution in [0.5, 0.6) is 0 Å². The van der Waals surface area contributed by atoms with E-state index in [1.165, 1.54) is 0 Å². The second-order valence-electron chi connectivity index (χ2n) is 2.41. The molecule has 0 amide bonds. The molecule has 0 atom stereocenters. The summed E-state index contributed by atoms with van der Waals surface area (Å²) >= 11 is 0. The molecule has 0 aromatic rings. The van der Waals surface area contributed by atoms with E-state index in [1.54, 1.807) is 19.9 Å². The molecule has 0 saturated heterocycles. The topological polar surface area (TPSA) is 19.9 Å². The average molecular weight is 113 g/mol. The molecule has 0 aliphatic rings. The molecule has 1 heteroatoms. The van der Waals surface area contributed by atoms with Crippen molar-refractivity contribution >= 4 is 0 Å². The molecule has 0 rings (SSSR count). The molecule has 0 saturated carbocycles. The minimum atomic E-state index is -0.879. The van der Waals surface area contributed by atoms with Crippen molar-refractivity contribution in [1.82, 2.24) is 0 Å². The van der Waals surface area contributed by atoms with Gasteiger partial charge in [0.15, 0.2) is 0 Å². The minimum Gasteiger partial charge on any atom is -0.226 e. The highest BCUT2D eigenvalue weighted by molar-refractivity contribution is 4.93. The average Bonchev–Trinajstić information content (AvgIpc) is 1.59. The van der Waals surface area contributed by atoms with Crippen LogP contribution in [-0.2, 0) is 5.11 Å². The molecule has 0 N–H and O–H groups in total. The Bertz CT molecular complexity index is 76.9. The fourth-order valence-electron chi connectivity index (χ4n) is 0.402. The summed E-state index contributed by atoms with van der Waals surface area (Å²) in [6.07, 6.45) is 4.53. The standard InChI is InChI=1S/C7H13O/c1-4-5-6-7(2,3)8/h5-6H,4H2,1-3H3. The largest absolute Gasteiger partial charge is 0.226 e. The Morgan fingerprint density at radius 2 is 2.00 bits per heavy atom. The molecule has 0 aromatic carbocycles. The molecule has 0 aliphatic heterocycles. The van der Waals surface area contributed by atoms with Crippen LogP contribution in [0.2, 0.25) is 0 Å².